The van der Waals surface area contributed by atoms with Gasteiger partial charge in [-0.3, -0.25) is 4.79 Å². The van der Waals surface area contributed by atoms with Crippen molar-refractivity contribution < 1.29 is 14.3 Å². The fourth-order valence-electron chi connectivity index (χ4n) is 3.05. The van der Waals surface area contributed by atoms with Crippen LogP contribution in [0.1, 0.15) is 68.7 Å². The number of hydrogen-bond acceptors (Lipinski definition) is 3. The van der Waals surface area contributed by atoms with Gasteiger partial charge in [0, 0.05) is 12.0 Å². The van der Waals surface area contributed by atoms with Crippen LogP contribution in [-0.2, 0) is 11.2 Å². The second-order valence-electron chi connectivity index (χ2n) is 6.64. The molecule has 0 radical (unpaired) electrons. The highest BCUT2D eigenvalue weighted by molar-refractivity contribution is 5.74. The zero-order valence-electron chi connectivity index (χ0n) is 14.8. The fourth-order valence-corrected chi connectivity index (χ4v) is 3.05. The molecule has 1 aromatic carbocycles. The zero-order valence-corrected chi connectivity index (χ0v) is 14.8. The molecular formula is C19H28O3. The summed E-state index contributed by atoms with van der Waals surface area (Å²) in [6.07, 6.45) is 4.24. The quantitative estimate of drug-likeness (QED) is 0.591. The lowest BCUT2D eigenvalue weighted by molar-refractivity contribution is -0.134. The monoisotopic (exact) mass is 304 g/mol. The third kappa shape index (κ3) is 2.99. The second kappa shape index (κ2) is 6.31. The smallest absolute Gasteiger partial charge is 0.311 e. The van der Waals surface area contributed by atoms with E-state index in [2.05, 4.69) is 20.8 Å². The highest BCUT2D eigenvalue weighted by atomic mass is 16.5. The SMILES string of the molecule is CCCC(=O)Oc1c(C)c(C)c2c(c1C)CCC(C)(CC)O2. The Morgan fingerprint density at radius 2 is 1.86 bits per heavy atom. The highest BCUT2D eigenvalue weighted by Crippen LogP contribution is 2.44. The summed E-state index contributed by atoms with van der Waals surface area (Å²) in [6.45, 7) is 12.4. The third-order valence-corrected chi connectivity index (χ3v) is 4.98. The third-order valence-electron chi connectivity index (χ3n) is 4.98. The van der Waals surface area contributed by atoms with Gasteiger partial charge in [0.15, 0.2) is 0 Å². The summed E-state index contributed by atoms with van der Waals surface area (Å²) in [4.78, 5) is 11.9. The molecule has 0 saturated heterocycles. The van der Waals surface area contributed by atoms with Crippen LogP contribution in [0, 0.1) is 20.8 Å². The van der Waals surface area contributed by atoms with Gasteiger partial charge in [-0.15, -0.1) is 0 Å². The van der Waals surface area contributed by atoms with Crippen LogP contribution >= 0.6 is 0 Å². The number of benzene rings is 1. The Morgan fingerprint density at radius 3 is 2.45 bits per heavy atom. The van der Waals surface area contributed by atoms with Crippen molar-refractivity contribution >= 4 is 5.97 Å². The first-order valence-corrected chi connectivity index (χ1v) is 8.35. The van der Waals surface area contributed by atoms with Crippen LogP contribution < -0.4 is 9.47 Å². The van der Waals surface area contributed by atoms with Crippen LogP contribution in [-0.4, -0.2) is 11.6 Å². The number of hydrogen-bond donors (Lipinski definition) is 0. The molecule has 0 spiro atoms. The Balaban J connectivity index is 2.45. The normalized spacial score (nSPS) is 20.3. The summed E-state index contributed by atoms with van der Waals surface area (Å²) in [6, 6.07) is 0. The summed E-state index contributed by atoms with van der Waals surface area (Å²) in [5.41, 5.74) is 4.28. The topological polar surface area (TPSA) is 35.5 Å². The Morgan fingerprint density at radius 1 is 1.18 bits per heavy atom. The number of ether oxygens (including phenoxy) is 2. The molecule has 2 rings (SSSR count). The zero-order chi connectivity index (χ0) is 16.5. The van der Waals surface area contributed by atoms with Gasteiger partial charge in [0.25, 0.3) is 0 Å². The van der Waals surface area contributed by atoms with Crippen molar-refractivity contribution in [3.8, 4) is 11.5 Å². The van der Waals surface area contributed by atoms with Gasteiger partial charge in [-0.1, -0.05) is 13.8 Å². The van der Waals surface area contributed by atoms with Gasteiger partial charge in [-0.2, -0.15) is 0 Å². The summed E-state index contributed by atoms with van der Waals surface area (Å²) in [5.74, 6) is 1.59. The molecular weight excluding hydrogens is 276 g/mol. The van der Waals surface area contributed by atoms with Crippen LogP contribution in [0.4, 0.5) is 0 Å². The molecule has 122 valence electrons. The molecule has 0 saturated carbocycles. The molecule has 1 aliphatic rings. The molecule has 3 heteroatoms. The number of esters is 1. The fraction of sp³-hybridized carbons (Fsp3) is 0.632. The van der Waals surface area contributed by atoms with Crippen molar-refractivity contribution in [2.24, 2.45) is 0 Å². The standard InChI is InChI=1S/C19H28O3/c1-7-9-16(20)21-17-12(3)13(4)18-15(14(17)5)10-11-19(6,8-2)22-18/h7-11H2,1-6H3. The van der Waals surface area contributed by atoms with E-state index in [1.165, 1.54) is 5.56 Å². The molecule has 1 aliphatic heterocycles. The number of carbonyl (C=O) groups excluding carboxylic acids is 1. The Kier molecular flexibility index (Phi) is 4.84. The lowest BCUT2D eigenvalue weighted by Gasteiger charge is -2.37. The van der Waals surface area contributed by atoms with Crippen molar-refractivity contribution in [1.29, 1.82) is 0 Å². The van der Waals surface area contributed by atoms with Gasteiger partial charge in [-0.05, 0) is 70.1 Å². The summed E-state index contributed by atoms with van der Waals surface area (Å²) < 4.78 is 12.0. The van der Waals surface area contributed by atoms with Gasteiger partial charge in [0.2, 0.25) is 0 Å². The number of carbonyl (C=O) groups is 1. The molecule has 1 atom stereocenters. The summed E-state index contributed by atoms with van der Waals surface area (Å²) >= 11 is 0. The van der Waals surface area contributed by atoms with Gasteiger partial charge < -0.3 is 9.47 Å². The Hall–Kier alpha value is -1.51. The average molecular weight is 304 g/mol. The highest BCUT2D eigenvalue weighted by Gasteiger charge is 2.33. The van der Waals surface area contributed by atoms with E-state index in [0.717, 1.165) is 53.9 Å². The van der Waals surface area contributed by atoms with E-state index >= 15 is 0 Å². The lowest BCUT2D eigenvalue weighted by atomic mass is 9.86. The van der Waals surface area contributed by atoms with Gasteiger partial charge >= 0.3 is 5.97 Å². The molecule has 1 aromatic rings. The average Bonchev–Trinajstić information content (AvgIpc) is 2.49. The van der Waals surface area contributed by atoms with Crippen molar-refractivity contribution in [3.63, 3.8) is 0 Å². The van der Waals surface area contributed by atoms with E-state index in [-0.39, 0.29) is 11.6 Å². The first kappa shape index (κ1) is 16.9. The molecule has 22 heavy (non-hydrogen) atoms. The number of rotatable bonds is 4. The Bertz CT molecular complexity index is 589. The molecule has 0 aromatic heterocycles. The van der Waals surface area contributed by atoms with E-state index in [9.17, 15) is 4.79 Å². The maximum absolute atomic E-state index is 11.9. The molecule has 3 nitrogen and oxygen atoms in total. The van der Waals surface area contributed by atoms with Gasteiger partial charge in [0.05, 0.1) is 0 Å². The predicted octanol–water partition coefficient (Wildman–Crippen LogP) is 4.81. The van der Waals surface area contributed by atoms with Gasteiger partial charge in [-0.25, -0.2) is 0 Å². The van der Waals surface area contributed by atoms with Crippen LogP contribution in [0.3, 0.4) is 0 Å². The van der Waals surface area contributed by atoms with E-state index in [0.29, 0.717) is 6.42 Å². The Labute approximate surface area is 134 Å². The van der Waals surface area contributed by atoms with Crippen molar-refractivity contribution in [2.75, 3.05) is 0 Å². The number of fused-ring (bicyclic) bond motifs is 1. The first-order valence-electron chi connectivity index (χ1n) is 8.35. The van der Waals surface area contributed by atoms with Crippen molar-refractivity contribution in [3.05, 3.63) is 22.3 Å². The van der Waals surface area contributed by atoms with E-state index < -0.39 is 0 Å². The molecule has 0 bridgehead atoms. The minimum Gasteiger partial charge on any atom is -0.487 e. The summed E-state index contributed by atoms with van der Waals surface area (Å²) in [5, 5.41) is 0. The minimum atomic E-state index is -0.150. The van der Waals surface area contributed by atoms with Crippen LogP contribution in [0.15, 0.2) is 0 Å². The largest absolute Gasteiger partial charge is 0.487 e. The predicted molar refractivity (Wildman–Crippen MR) is 88.8 cm³/mol. The van der Waals surface area contributed by atoms with Gasteiger partial charge in [0.1, 0.15) is 17.1 Å². The maximum atomic E-state index is 11.9. The van der Waals surface area contributed by atoms with E-state index in [1.54, 1.807) is 0 Å². The molecule has 0 fully saturated rings. The van der Waals surface area contributed by atoms with Crippen molar-refractivity contribution in [1.82, 2.24) is 0 Å². The second-order valence-corrected chi connectivity index (χ2v) is 6.64. The van der Waals surface area contributed by atoms with Crippen LogP contribution in [0.5, 0.6) is 11.5 Å². The molecule has 0 aliphatic carbocycles. The van der Waals surface area contributed by atoms with Crippen LogP contribution in [0.25, 0.3) is 0 Å². The molecule has 1 heterocycles. The summed E-state index contributed by atoms with van der Waals surface area (Å²) in [7, 11) is 0. The van der Waals surface area contributed by atoms with Crippen molar-refractivity contribution in [2.45, 2.75) is 79.2 Å². The molecule has 1 unspecified atom stereocenters. The minimum absolute atomic E-state index is 0.0863. The maximum Gasteiger partial charge on any atom is 0.311 e. The van der Waals surface area contributed by atoms with E-state index in [4.69, 9.17) is 9.47 Å². The molecule has 0 amide bonds. The van der Waals surface area contributed by atoms with Crippen LogP contribution in [0.2, 0.25) is 0 Å². The first-order chi connectivity index (χ1) is 10.3. The lowest BCUT2D eigenvalue weighted by Crippen LogP contribution is -2.36. The molecule has 0 N–H and O–H groups in total. The van der Waals surface area contributed by atoms with E-state index in [1.807, 2.05) is 20.8 Å².